The van der Waals surface area contributed by atoms with E-state index in [0.717, 1.165) is 0 Å². The van der Waals surface area contributed by atoms with E-state index < -0.39 is 5.97 Å². The Morgan fingerprint density at radius 2 is 2.27 bits per heavy atom. The first-order chi connectivity index (χ1) is 7.18. The van der Waals surface area contributed by atoms with Gasteiger partial charge in [0.25, 0.3) is 0 Å². The summed E-state index contributed by atoms with van der Waals surface area (Å²) >= 11 is 0. The molecule has 3 N–H and O–H groups in total. The molecule has 2 aromatic rings. The first kappa shape index (κ1) is 9.20. The van der Waals surface area contributed by atoms with Gasteiger partial charge in [-0.3, -0.25) is 0 Å². The number of benzene rings is 1. The fourth-order valence-electron chi connectivity index (χ4n) is 1.23. The summed E-state index contributed by atoms with van der Waals surface area (Å²) in [6.07, 6.45) is 2.90. The van der Waals surface area contributed by atoms with E-state index in [9.17, 15) is 4.79 Å². The standard InChI is InChI=1S/C9H8N4O2/c10-8-3-6(13-5-11-4-12-13)1-2-7(8)9(14)15/h1-5H,10H2,(H,14,15). The van der Waals surface area contributed by atoms with Crippen molar-refractivity contribution in [3.05, 3.63) is 36.4 Å². The van der Waals surface area contributed by atoms with Gasteiger partial charge in [0, 0.05) is 5.69 Å². The van der Waals surface area contributed by atoms with Crippen molar-refractivity contribution in [2.24, 2.45) is 0 Å². The molecule has 15 heavy (non-hydrogen) atoms. The first-order valence-electron chi connectivity index (χ1n) is 4.16. The number of rotatable bonds is 2. The lowest BCUT2D eigenvalue weighted by Gasteiger charge is -2.04. The average Bonchev–Trinajstić information content (AvgIpc) is 2.69. The molecule has 76 valence electrons. The van der Waals surface area contributed by atoms with Crippen molar-refractivity contribution in [1.82, 2.24) is 14.8 Å². The molecule has 2 rings (SSSR count). The number of carboxylic acid groups (broad SMARTS) is 1. The molecule has 6 nitrogen and oxygen atoms in total. The van der Waals surface area contributed by atoms with Gasteiger partial charge in [-0.05, 0) is 18.2 Å². The number of hydrogen-bond acceptors (Lipinski definition) is 4. The molecule has 0 radical (unpaired) electrons. The second-order valence-electron chi connectivity index (χ2n) is 2.92. The van der Waals surface area contributed by atoms with Crippen LogP contribution < -0.4 is 5.73 Å². The van der Waals surface area contributed by atoms with Crippen molar-refractivity contribution in [3.8, 4) is 5.69 Å². The van der Waals surface area contributed by atoms with Gasteiger partial charge in [-0.1, -0.05) is 0 Å². The Kier molecular flexibility index (Phi) is 2.09. The van der Waals surface area contributed by atoms with Gasteiger partial charge in [0.15, 0.2) is 0 Å². The Labute approximate surface area is 85.0 Å². The maximum Gasteiger partial charge on any atom is 0.337 e. The average molecular weight is 204 g/mol. The molecule has 1 heterocycles. The Hall–Kier alpha value is -2.37. The Morgan fingerprint density at radius 3 is 2.80 bits per heavy atom. The van der Waals surface area contributed by atoms with E-state index >= 15 is 0 Å². The Bertz CT molecular complexity index is 493. The van der Waals surface area contributed by atoms with Crippen molar-refractivity contribution in [3.63, 3.8) is 0 Å². The predicted molar refractivity (Wildman–Crippen MR) is 52.7 cm³/mol. The minimum Gasteiger partial charge on any atom is -0.478 e. The third-order valence-corrected chi connectivity index (χ3v) is 1.95. The lowest BCUT2D eigenvalue weighted by atomic mass is 10.1. The molecule has 0 spiro atoms. The van der Waals surface area contributed by atoms with Gasteiger partial charge >= 0.3 is 5.97 Å². The van der Waals surface area contributed by atoms with E-state index in [2.05, 4.69) is 10.1 Å². The molecule has 0 aliphatic rings. The number of carbonyl (C=O) groups is 1. The molecule has 0 bridgehead atoms. The molecule has 1 aromatic heterocycles. The summed E-state index contributed by atoms with van der Waals surface area (Å²) in [4.78, 5) is 14.5. The summed E-state index contributed by atoms with van der Waals surface area (Å²) < 4.78 is 1.50. The van der Waals surface area contributed by atoms with Gasteiger partial charge in [0.2, 0.25) is 0 Å². The van der Waals surface area contributed by atoms with Gasteiger partial charge in [0.05, 0.1) is 11.3 Å². The third kappa shape index (κ3) is 1.64. The second-order valence-corrected chi connectivity index (χ2v) is 2.92. The highest BCUT2D eigenvalue weighted by Gasteiger charge is 2.08. The number of anilines is 1. The van der Waals surface area contributed by atoms with Gasteiger partial charge < -0.3 is 10.8 Å². The zero-order valence-corrected chi connectivity index (χ0v) is 7.66. The van der Waals surface area contributed by atoms with E-state index in [1.807, 2.05) is 0 Å². The molecule has 0 aliphatic heterocycles. The maximum atomic E-state index is 10.7. The molecule has 0 amide bonds. The van der Waals surface area contributed by atoms with Crippen LogP contribution in [0.1, 0.15) is 10.4 Å². The lowest BCUT2D eigenvalue weighted by molar-refractivity contribution is 0.0698. The van der Waals surface area contributed by atoms with E-state index in [0.29, 0.717) is 5.69 Å². The highest BCUT2D eigenvalue weighted by molar-refractivity contribution is 5.94. The highest BCUT2D eigenvalue weighted by Crippen LogP contribution is 2.16. The van der Waals surface area contributed by atoms with Crippen LogP contribution in [0, 0.1) is 0 Å². The molecule has 1 aromatic carbocycles. The first-order valence-corrected chi connectivity index (χ1v) is 4.16. The van der Waals surface area contributed by atoms with Gasteiger partial charge in [-0.15, -0.1) is 0 Å². The Morgan fingerprint density at radius 1 is 1.47 bits per heavy atom. The van der Waals surface area contributed by atoms with E-state index in [-0.39, 0.29) is 11.3 Å². The molecule has 0 saturated carbocycles. The molecular weight excluding hydrogens is 196 g/mol. The van der Waals surface area contributed by atoms with Crippen LogP contribution >= 0.6 is 0 Å². The van der Waals surface area contributed by atoms with Gasteiger partial charge in [-0.2, -0.15) is 5.10 Å². The number of aromatic carboxylic acids is 1. The minimum atomic E-state index is -1.04. The van der Waals surface area contributed by atoms with Crippen LogP contribution in [0.5, 0.6) is 0 Å². The van der Waals surface area contributed by atoms with Gasteiger partial charge in [0.1, 0.15) is 12.7 Å². The van der Waals surface area contributed by atoms with Crippen LogP contribution in [0.25, 0.3) is 5.69 Å². The smallest absolute Gasteiger partial charge is 0.337 e. The van der Waals surface area contributed by atoms with Crippen molar-refractivity contribution in [1.29, 1.82) is 0 Å². The molecular formula is C9H8N4O2. The summed E-state index contributed by atoms with van der Waals surface area (Å²) in [5.41, 5.74) is 6.55. The topological polar surface area (TPSA) is 94.0 Å². The highest BCUT2D eigenvalue weighted by atomic mass is 16.4. The molecule has 0 saturated heterocycles. The van der Waals surface area contributed by atoms with E-state index in [4.69, 9.17) is 10.8 Å². The number of aromatic nitrogens is 3. The van der Waals surface area contributed by atoms with Crippen LogP contribution in [-0.4, -0.2) is 25.8 Å². The van der Waals surface area contributed by atoms with Crippen LogP contribution in [0.3, 0.4) is 0 Å². The zero-order chi connectivity index (χ0) is 10.8. The summed E-state index contributed by atoms with van der Waals surface area (Å²) in [6, 6.07) is 4.60. The summed E-state index contributed by atoms with van der Waals surface area (Å²) in [5, 5.41) is 12.7. The molecule has 0 unspecified atom stereocenters. The zero-order valence-electron chi connectivity index (χ0n) is 7.66. The third-order valence-electron chi connectivity index (χ3n) is 1.95. The fraction of sp³-hybridized carbons (Fsp3) is 0. The molecule has 6 heteroatoms. The minimum absolute atomic E-state index is 0.0823. The Balaban J connectivity index is 2.47. The van der Waals surface area contributed by atoms with Crippen LogP contribution in [0.15, 0.2) is 30.9 Å². The largest absolute Gasteiger partial charge is 0.478 e. The van der Waals surface area contributed by atoms with Gasteiger partial charge in [-0.25, -0.2) is 14.5 Å². The predicted octanol–water partition coefficient (Wildman–Crippen LogP) is 0.548. The van der Waals surface area contributed by atoms with Crippen LogP contribution in [0.2, 0.25) is 0 Å². The molecule has 0 fully saturated rings. The summed E-state index contributed by atoms with van der Waals surface area (Å²) in [6.45, 7) is 0. The van der Waals surface area contributed by atoms with Crippen molar-refractivity contribution >= 4 is 11.7 Å². The van der Waals surface area contributed by atoms with Crippen molar-refractivity contribution in [2.45, 2.75) is 0 Å². The monoisotopic (exact) mass is 204 g/mol. The number of nitrogens with two attached hydrogens (primary N) is 1. The number of nitrogen functional groups attached to an aromatic ring is 1. The SMILES string of the molecule is Nc1cc(-n2cncn2)ccc1C(=O)O. The van der Waals surface area contributed by atoms with Crippen molar-refractivity contribution < 1.29 is 9.90 Å². The maximum absolute atomic E-state index is 10.7. The number of hydrogen-bond donors (Lipinski definition) is 2. The summed E-state index contributed by atoms with van der Waals surface area (Å²) in [7, 11) is 0. The normalized spacial score (nSPS) is 10.1. The van der Waals surface area contributed by atoms with Crippen LogP contribution in [-0.2, 0) is 0 Å². The van der Waals surface area contributed by atoms with Crippen molar-refractivity contribution in [2.75, 3.05) is 5.73 Å². The molecule has 0 atom stereocenters. The van der Waals surface area contributed by atoms with Crippen LogP contribution in [0.4, 0.5) is 5.69 Å². The number of carboxylic acids is 1. The van der Waals surface area contributed by atoms with E-state index in [1.54, 1.807) is 6.07 Å². The fourth-order valence-corrected chi connectivity index (χ4v) is 1.23. The molecule has 0 aliphatic carbocycles. The quantitative estimate of drug-likeness (QED) is 0.696. The second kappa shape index (κ2) is 3.41. The lowest BCUT2D eigenvalue weighted by Crippen LogP contribution is -2.04. The number of nitrogens with zero attached hydrogens (tertiary/aromatic N) is 3. The van der Waals surface area contributed by atoms with E-state index in [1.165, 1.54) is 29.5 Å². The summed E-state index contributed by atoms with van der Waals surface area (Å²) in [5.74, 6) is -1.04.